The fourth-order valence-electron chi connectivity index (χ4n) is 9.55. The summed E-state index contributed by atoms with van der Waals surface area (Å²) in [6, 6.07) is 1.05. The third kappa shape index (κ3) is 10.7. The van der Waals surface area contributed by atoms with Crippen molar-refractivity contribution in [2.45, 2.75) is 152 Å². The molecule has 6 nitrogen and oxygen atoms in total. The first-order chi connectivity index (χ1) is 28.1. The number of aryl methyl sites for hydroxylation is 1. The molecule has 2 N–H and O–H groups in total. The summed E-state index contributed by atoms with van der Waals surface area (Å²) in [4.78, 5) is 30.5. The van der Waals surface area contributed by atoms with Crippen LogP contribution in [0.4, 0.5) is 52.7 Å². The Morgan fingerprint density at radius 1 is 0.533 bits per heavy atom. The second kappa shape index (κ2) is 18.1. The fourth-order valence-corrected chi connectivity index (χ4v) is 9.55. The molecule has 7 rings (SSSR count). The lowest BCUT2D eigenvalue weighted by atomic mass is 9.88. The van der Waals surface area contributed by atoms with Crippen molar-refractivity contribution in [2.75, 3.05) is 26.2 Å². The van der Waals surface area contributed by atoms with Crippen LogP contribution in [0.5, 0.6) is 0 Å². The summed E-state index contributed by atoms with van der Waals surface area (Å²) in [5, 5.41) is 5.50. The topological polar surface area (TPSA) is 64.7 Å². The van der Waals surface area contributed by atoms with E-state index < -0.39 is 75.8 Å². The van der Waals surface area contributed by atoms with Gasteiger partial charge in [-0.05, 0) is 145 Å². The summed E-state index contributed by atoms with van der Waals surface area (Å²) in [6.07, 6.45) is -9.16. The van der Waals surface area contributed by atoms with Gasteiger partial charge in [-0.3, -0.25) is 19.4 Å². The van der Waals surface area contributed by atoms with Gasteiger partial charge in [0.25, 0.3) is 11.8 Å². The highest BCUT2D eigenvalue weighted by Crippen LogP contribution is 2.48. The first-order valence-corrected chi connectivity index (χ1v) is 20.8. The number of benzene rings is 2. The van der Waals surface area contributed by atoms with Gasteiger partial charge in [-0.2, -0.15) is 52.7 Å². The predicted molar refractivity (Wildman–Crippen MR) is 198 cm³/mol. The maximum atomic E-state index is 13.8. The van der Waals surface area contributed by atoms with Gasteiger partial charge in [-0.15, -0.1) is 0 Å². The Morgan fingerprint density at radius 3 is 1.40 bits per heavy atom. The monoisotopic (exact) mass is 870 g/mol. The minimum absolute atomic E-state index is 0.0423. The Hall–Kier alpha value is -3.54. The van der Waals surface area contributed by atoms with E-state index in [4.69, 9.17) is 0 Å². The molecule has 334 valence electrons. The van der Waals surface area contributed by atoms with Crippen molar-refractivity contribution in [1.29, 1.82) is 0 Å². The van der Waals surface area contributed by atoms with Gasteiger partial charge in [0.15, 0.2) is 0 Å². The molecule has 3 saturated carbocycles. The molecule has 2 heterocycles. The summed E-state index contributed by atoms with van der Waals surface area (Å²) < 4.78 is 161. The average molecular weight is 871 g/mol. The number of nitrogens with one attached hydrogen (secondary N) is 2. The minimum Gasteiger partial charge on any atom is -0.348 e. The van der Waals surface area contributed by atoms with E-state index in [1.165, 1.54) is 6.92 Å². The van der Waals surface area contributed by atoms with E-state index in [0.29, 0.717) is 31.7 Å². The molecule has 4 unspecified atom stereocenters. The van der Waals surface area contributed by atoms with Crippen LogP contribution in [0, 0.1) is 0 Å². The Labute approximate surface area is 340 Å². The number of carbonyl (C=O) groups excluding carboxylic acids is 2. The van der Waals surface area contributed by atoms with Crippen molar-refractivity contribution in [2.24, 2.45) is 0 Å². The molecule has 3 aliphatic carbocycles. The Morgan fingerprint density at radius 2 is 0.950 bits per heavy atom. The lowest BCUT2D eigenvalue weighted by molar-refractivity contribution is -0.145. The van der Waals surface area contributed by atoms with Crippen LogP contribution < -0.4 is 10.6 Å². The summed E-state index contributed by atoms with van der Waals surface area (Å²) >= 11 is 0. The van der Waals surface area contributed by atoms with E-state index in [1.807, 2.05) is 0 Å². The smallest absolute Gasteiger partial charge is 0.348 e. The van der Waals surface area contributed by atoms with Crippen LogP contribution in [-0.4, -0.2) is 72.0 Å². The van der Waals surface area contributed by atoms with E-state index in [0.717, 1.165) is 90.0 Å². The number of alkyl halides is 12. The summed E-state index contributed by atoms with van der Waals surface area (Å²) in [6.45, 7) is 5.03. The minimum atomic E-state index is -5.07. The Kier molecular flexibility index (Phi) is 13.8. The van der Waals surface area contributed by atoms with Gasteiger partial charge in [-0.1, -0.05) is 19.8 Å². The van der Waals surface area contributed by atoms with E-state index in [2.05, 4.69) is 20.4 Å². The molecule has 5 aliphatic rings. The van der Waals surface area contributed by atoms with Crippen LogP contribution in [0.2, 0.25) is 0 Å². The van der Waals surface area contributed by atoms with Gasteiger partial charge in [0.05, 0.1) is 33.4 Å². The summed E-state index contributed by atoms with van der Waals surface area (Å²) in [7, 11) is 0. The van der Waals surface area contributed by atoms with Gasteiger partial charge in [-0.25, -0.2) is 0 Å². The summed E-state index contributed by atoms with van der Waals surface area (Å²) in [5.41, 5.74) is -7.48. The predicted octanol–water partition coefficient (Wildman–Crippen LogP) is 10.8. The second-order valence-electron chi connectivity index (χ2n) is 16.7. The average Bonchev–Trinajstić information content (AvgIpc) is 3.50. The second-order valence-corrected chi connectivity index (χ2v) is 16.7. The molecule has 5 fully saturated rings. The molecule has 4 atom stereocenters. The van der Waals surface area contributed by atoms with E-state index in [9.17, 15) is 62.3 Å². The van der Waals surface area contributed by atoms with E-state index in [-0.39, 0.29) is 53.8 Å². The van der Waals surface area contributed by atoms with Crippen molar-refractivity contribution in [3.8, 4) is 0 Å². The van der Waals surface area contributed by atoms with Crippen molar-refractivity contribution in [3.05, 3.63) is 68.8 Å². The quantitative estimate of drug-likeness (QED) is 0.260. The van der Waals surface area contributed by atoms with Crippen molar-refractivity contribution in [1.82, 2.24) is 20.4 Å². The maximum absolute atomic E-state index is 13.8. The van der Waals surface area contributed by atoms with Crippen molar-refractivity contribution >= 4 is 11.8 Å². The number of rotatable bonds is 8. The highest BCUT2D eigenvalue weighted by atomic mass is 19.4. The Balaban J connectivity index is 0.000000202. The lowest BCUT2D eigenvalue weighted by Gasteiger charge is -2.38. The largest absolute Gasteiger partial charge is 0.417 e. The SMILES string of the molecule is CCc1cc(C(F)(F)F)cc(C(F)(F)F)c1C(=O)NC1CCCC1N1CCCC1.O=C(NC1CCCCC1N1CCCC1)c1c(C2CC2)cc(C(F)(F)F)cc1C(F)(F)F. The molecule has 0 bridgehead atoms. The maximum Gasteiger partial charge on any atom is 0.417 e. The van der Waals surface area contributed by atoms with Crippen LogP contribution in [0.15, 0.2) is 24.3 Å². The molecule has 2 saturated heterocycles. The zero-order valence-electron chi connectivity index (χ0n) is 33.2. The Bertz CT molecular complexity index is 1840. The van der Waals surface area contributed by atoms with Gasteiger partial charge in [0, 0.05) is 24.2 Å². The number of carbonyl (C=O) groups is 2. The molecule has 0 aromatic heterocycles. The number of amides is 2. The molecule has 0 spiro atoms. The van der Waals surface area contributed by atoms with Gasteiger partial charge >= 0.3 is 24.7 Å². The number of nitrogens with zero attached hydrogens (tertiary/aromatic N) is 2. The molecular formula is C42H50F12N4O2. The molecule has 2 amide bonds. The molecule has 2 aromatic rings. The van der Waals surface area contributed by atoms with Gasteiger partial charge in [0.1, 0.15) is 0 Å². The molecule has 18 heteroatoms. The lowest BCUT2D eigenvalue weighted by Crippen LogP contribution is -2.52. The zero-order chi connectivity index (χ0) is 43.8. The third-order valence-electron chi connectivity index (χ3n) is 12.6. The first-order valence-electron chi connectivity index (χ1n) is 20.8. The van der Waals surface area contributed by atoms with Crippen LogP contribution in [0.3, 0.4) is 0 Å². The fraction of sp³-hybridized carbons (Fsp3) is 0.667. The van der Waals surface area contributed by atoms with Crippen LogP contribution in [0.1, 0.15) is 150 Å². The van der Waals surface area contributed by atoms with E-state index >= 15 is 0 Å². The van der Waals surface area contributed by atoms with Crippen LogP contribution in [0.25, 0.3) is 0 Å². The molecular weight excluding hydrogens is 820 g/mol. The normalized spacial score (nSPS) is 24.6. The number of hydrogen-bond acceptors (Lipinski definition) is 4. The number of halogens is 12. The third-order valence-corrected chi connectivity index (χ3v) is 12.6. The first kappa shape index (κ1) is 46.0. The molecule has 60 heavy (non-hydrogen) atoms. The van der Waals surface area contributed by atoms with Gasteiger partial charge < -0.3 is 10.6 Å². The zero-order valence-corrected chi connectivity index (χ0v) is 33.2. The highest BCUT2D eigenvalue weighted by molar-refractivity contribution is 5.98. The van der Waals surface area contributed by atoms with Gasteiger partial charge in [0.2, 0.25) is 0 Å². The molecule has 2 aliphatic heterocycles. The van der Waals surface area contributed by atoms with Crippen LogP contribution in [-0.2, 0) is 31.1 Å². The molecule has 0 radical (unpaired) electrons. The summed E-state index contributed by atoms with van der Waals surface area (Å²) in [5.74, 6) is -2.29. The van der Waals surface area contributed by atoms with Crippen molar-refractivity contribution < 1.29 is 62.3 Å². The number of likely N-dealkylation sites (tertiary alicyclic amines) is 2. The highest BCUT2D eigenvalue weighted by Gasteiger charge is 2.45. The van der Waals surface area contributed by atoms with Crippen molar-refractivity contribution in [3.63, 3.8) is 0 Å². The van der Waals surface area contributed by atoms with Crippen LogP contribution >= 0.6 is 0 Å². The van der Waals surface area contributed by atoms with E-state index in [1.54, 1.807) is 0 Å². The number of hydrogen-bond donors (Lipinski definition) is 2. The standard InChI is InChI=1S/C22H26F6N2O.C20H24F6N2O/c23-21(24,25)14-11-15(13-7-8-13)19(16(12-14)22(26,27)28)20(31)29-17-5-1-2-6-18(17)30-9-3-4-10-30;1-2-12-10-13(19(21,22)23)11-14(20(24,25)26)17(12)18(29)27-15-6-5-7-16(15)28-8-3-4-9-28/h11-13,17-18H,1-10H2,(H,29,31);10-11,15-16H,2-9H2,1H3,(H,27,29). The molecule has 2 aromatic carbocycles.